The van der Waals surface area contributed by atoms with E-state index in [9.17, 15) is 5.11 Å². The van der Waals surface area contributed by atoms with Crippen LogP contribution >= 0.6 is 0 Å². The van der Waals surface area contributed by atoms with Gasteiger partial charge < -0.3 is 14.6 Å². The Hall–Kier alpha value is -1.26. The maximum absolute atomic E-state index is 9.76. The van der Waals surface area contributed by atoms with Gasteiger partial charge in [-0.25, -0.2) is 0 Å². The lowest BCUT2D eigenvalue weighted by Crippen LogP contribution is -2.37. The number of piperidine rings is 1. The summed E-state index contributed by atoms with van der Waals surface area (Å²) in [6.07, 6.45) is 1.90. The van der Waals surface area contributed by atoms with Crippen molar-refractivity contribution in [1.29, 1.82) is 0 Å². The van der Waals surface area contributed by atoms with Crippen LogP contribution in [0.5, 0.6) is 11.5 Å². The Balaban J connectivity index is 2.12. The number of ether oxygens (including phenoxy) is 2. The zero-order chi connectivity index (χ0) is 14.5. The summed E-state index contributed by atoms with van der Waals surface area (Å²) in [6, 6.07) is 5.95. The van der Waals surface area contributed by atoms with Gasteiger partial charge >= 0.3 is 0 Å². The van der Waals surface area contributed by atoms with Crippen molar-refractivity contribution in [3.8, 4) is 11.5 Å². The lowest BCUT2D eigenvalue weighted by molar-refractivity contribution is 0.0660. The molecule has 1 saturated heterocycles. The number of rotatable bonds is 5. The van der Waals surface area contributed by atoms with Gasteiger partial charge in [-0.05, 0) is 39.3 Å². The molecule has 1 aliphatic heterocycles. The third kappa shape index (κ3) is 4.12. The summed E-state index contributed by atoms with van der Waals surface area (Å²) in [6.45, 7) is 6.63. The lowest BCUT2D eigenvalue weighted by atomic mass is 10.1. The van der Waals surface area contributed by atoms with Crippen LogP contribution in [0.4, 0.5) is 0 Å². The second-order valence-electron chi connectivity index (χ2n) is 5.67. The van der Waals surface area contributed by atoms with Crippen LogP contribution in [-0.2, 0) is 6.54 Å². The molecule has 1 aromatic rings. The number of hydrogen-bond acceptors (Lipinski definition) is 4. The van der Waals surface area contributed by atoms with Gasteiger partial charge in [0.25, 0.3) is 0 Å². The standard InChI is InChI=1S/C16H25NO3/c1-12(2)20-16-9-15(19-3)7-6-13(16)10-17-8-4-5-14(18)11-17/h6-7,9,12,14,18H,4-5,8,10-11H2,1-3H3. The van der Waals surface area contributed by atoms with Crippen LogP contribution in [0, 0.1) is 0 Å². The van der Waals surface area contributed by atoms with Crippen LogP contribution in [0.3, 0.4) is 0 Å². The number of methoxy groups -OCH3 is 1. The number of likely N-dealkylation sites (tertiary alicyclic amines) is 1. The molecule has 0 amide bonds. The molecule has 0 bridgehead atoms. The first-order valence-electron chi connectivity index (χ1n) is 7.32. The number of hydrogen-bond donors (Lipinski definition) is 1. The molecule has 1 fully saturated rings. The smallest absolute Gasteiger partial charge is 0.127 e. The minimum Gasteiger partial charge on any atom is -0.497 e. The summed E-state index contributed by atoms with van der Waals surface area (Å²) in [5, 5.41) is 9.76. The molecule has 1 heterocycles. The normalized spacial score (nSPS) is 20.1. The summed E-state index contributed by atoms with van der Waals surface area (Å²) in [5.74, 6) is 1.68. The van der Waals surface area contributed by atoms with Crippen molar-refractivity contribution < 1.29 is 14.6 Å². The molecule has 1 aromatic carbocycles. The van der Waals surface area contributed by atoms with Crippen molar-refractivity contribution in [3.63, 3.8) is 0 Å². The van der Waals surface area contributed by atoms with Gasteiger partial charge in [-0.1, -0.05) is 6.07 Å². The van der Waals surface area contributed by atoms with Gasteiger partial charge in [0.2, 0.25) is 0 Å². The minimum absolute atomic E-state index is 0.132. The molecular weight excluding hydrogens is 254 g/mol. The van der Waals surface area contributed by atoms with E-state index in [2.05, 4.69) is 11.0 Å². The summed E-state index contributed by atoms with van der Waals surface area (Å²) in [5.41, 5.74) is 1.15. The van der Waals surface area contributed by atoms with Crippen LogP contribution in [0.15, 0.2) is 18.2 Å². The molecule has 2 rings (SSSR count). The SMILES string of the molecule is COc1ccc(CN2CCCC(O)C2)c(OC(C)C)c1. The second kappa shape index (κ2) is 6.95. The van der Waals surface area contributed by atoms with E-state index in [1.807, 2.05) is 26.0 Å². The van der Waals surface area contributed by atoms with Crippen molar-refractivity contribution >= 4 is 0 Å². The molecule has 1 N–H and O–H groups in total. The van der Waals surface area contributed by atoms with Gasteiger partial charge in [-0.15, -0.1) is 0 Å². The van der Waals surface area contributed by atoms with E-state index < -0.39 is 0 Å². The van der Waals surface area contributed by atoms with Crippen molar-refractivity contribution in [2.75, 3.05) is 20.2 Å². The maximum atomic E-state index is 9.76. The minimum atomic E-state index is -0.198. The van der Waals surface area contributed by atoms with Gasteiger partial charge in [0.1, 0.15) is 11.5 Å². The Bertz CT molecular complexity index is 434. The van der Waals surface area contributed by atoms with E-state index in [0.29, 0.717) is 0 Å². The van der Waals surface area contributed by atoms with Crippen LogP contribution < -0.4 is 9.47 Å². The highest BCUT2D eigenvalue weighted by molar-refractivity contribution is 5.41. The van der Waals surface area contributed by atoms with Gasteiger partial charge in [0, 0.05) is 24.7 Å². The van der Waals surface area contributed by atoms with E-state index >= 15 is 0 Å². The molecule has 1 atom stereocenters. The molecular formula is C16H25NO3. The van der Waals surface area contributed by atoms with Crippen molar-refractivity contribution in [3.05, 3.63) is 23.8 Å². The van der Waals surface area contributed by atoms with E-state index in [-0.39, 0.29) is 12.2 Å². The molecule has 0 saturated carbocycles. The maximum Gasteiger partial charge on any atom is 0.127 e. The number of benzene rings is 1. The van der Waals surface area contributed by atoms with Crippen molar-refractivity contribution in [1.82, 2.24) is 4.90 Å². The third-order valence-electron chi connectivity index (χ3n) is 3.51. The molecule has 1 aliphatic rings. The largest absolute Gasteiger partial charge is 0.497 e. The highest BCUT2D eigenvalue weighted by Gasteiger charge is 2.19. The first-order chi connectivity index (χ1) is 9.58. The van der Waals surface area contributed by atoms with E-state index in [4.69, 9.17) is 9.47 Å². The summed E-state index contributed by atoms with van der Waals surface area (Å²) in [4.78, 5) is 2.28. The fourth-order valence-corrected chi connectivity index (χ4v) is 2.57. The Morgan fingerprint density at radius 3 is 2.85 bits per heavy atom. The second-order valence-corrected chi connectivity index (χ2v) is 5.67. The Morgan fingerprint density at radius 1 is 1.40 bits per heavy atom. The van der Waals surface area contributed by atoms with Gasteiger partial charge in [0.05, 0.1) is 19.3 Å². The van der Waals surface area contributed by atoms with Gasteiger partial charge in [-0.3, -0.25) is 4.90 Å². The topological polar surface area (TPSA) is 41.9 Å². The number of β-amino-alcohol motifs (C(OH)–C–C–N with tert-alkyl or cyclic N) is 1. The highest BCUT2D eigenvalue weighted by atomic mass is 16.5. The molecule has 112 valence electrons. The molecule has 20 heavy (non-hydrogen) atoms. The van der Waals surface area contributed by atoms with E-state index in [1.54, 1.807) is 7.11 Å². The average molecular weight is 279 g/mol. The fraction of sp³-hybridized carbons (Fsp3) is 0.625. The fourth-order valence-electron chi connectivity index (χ4n) is 2.57. The monoisotopic (exact) mass is 279 g/mol. The number of aliphatic hydroxyl groups is 1. The zero-order valence-electron chi connectivity index (χ0n) is 12.6. The highest BCUT2D eigenvalue weighted by Crippen LogP contribution is 2.27. The molecule has 4 heteroatoms. The Kier molecular flexibility index (Phi) is 5.26. The molecule has 0 aromatic heterocycles. The Morgan fingerprint density at radius 2 is 2.20 bits per heavy atom. The first-order valence-corrected chi connectivity index (χ1v) is 7.32. The predicted molar refractivity (Wildman–Crippen MR) is 79.3 cm³/mol. The summed E-state index contributed by atoms with van der Waals surface area (Å²) >= 11 is 0. The predicted octanol–water partition coefficient (Wildman–Crippen LogP) is 2.44. The lowest BCUT2D eigenvalue weighted by Gasteiger charge is -2.30. The van der Waals surface area contributed by atoms with Crippen molar-refractivity contribution in [2.24, 2.45) is 0 Å². The molecule has 0 spiro atoms. The molecule has 4 nitrogen and oxygen atoms in total. The van der Waals surface area contributed by atoms with Gasteiger partial charge in [0.15, 0.2) is 0 Å². The molecule has 0 radical (unpaired) electrons. The molecule has 0 aliphatic carbocycles. The van der Waals surface area contributed by atoms with E-state index in [1.165, 1.54) is 0 Å². The summed E-state index contributed by atoms with van der Waals surface area (Å²) in [7, 11) is 1.66. The zero-order valence-corrected chi connectivity index (χ0v) is 12.6. The average Bonchev–Trinajstić information content (AvgIpc) is 2.40. The first kappa shape index (κ1) is 15.1. The van der Waals surface area contributed by atoms with Crippen molar-refractivity contribution in [2.45, 2.75) is 45.4 Å². The van der Waals surface area contributed by atoms with Crippen LogP contribution in [-0.4, -0.2) is 42.4 Å². The third-order valence-corrected chi connectivity index (χ3v) is 3.51. The van der Waals surface area contributed by atoms with E-state index in [0.717, 1.165) is 49.5 Å². The summed E-state index contributed by atoms with van der Waals surface area (Å²) < 4.78 is 11.2. The Labute approximate surface area is 121 Å². The van der Waals surface area contributed by atoms with Crippen LogP contribution in [0.1, 0.15) is 32.3 Å². The molecule has 1 unspecified atom stereocenters. The van der Waals surface area contributed by atoms with Crippen LogP contribution in [0.2, 0.25) is 0 Å². The van der Waals surface area contributed by atoms with Crippen LogP contribution in [0.25, 0.3) is 0 Å². The number of nitrogens with zero attached hydrogens (tertiary/aromatic N) is 1. The quantitative estimate of drug-likeness (QED) is 0.899. The van der Waals surface area contributed by atoms with Gasteiger partial charge in [-0.2, -0.15) is 0 Å². The number of aliphatic hydroxyl groups excluding tert-OH is 1.